The second kappa shape index (κ2) is 7.47. The van der Waals surface area contributed by atoms with Crippen LogP contribution >= 0.6 is 0 Å². The standard InChI is InChI=1S/C23H28N2O2/c1-6-17(4)25-22(26)20-9-7-8-10-21(20)24-23(25,5)18-11-13-19(14-12-18)27-15-16(2)3/h7-14,17,24H,2,6,15H2,1,3-5H3. The smallest absolute Gasteiger partial charge is 0.258 e. The fourth-order valence-electron chi connectivity index (χ4n) is 3.55. The van der Waals surface area contributed by atoms with Gasteiger partial charge in [-0.05, 0) is 62.6 Å². The molecule has 0 fully saturated rings. The maximum Gasteiger partial charge on any atom is 0.258 e. The van der Waals surface area contributed by atoms with Crippen molar-refractivity contribution in [1.29, 1.82) is 0 Å². The molecule has 27 heavy (non-hydrogen) atoms. The largest absolute Gasteiger partial charge is 0.489 e. The van der Waals surface area contributed by atoms with E-state index in [1.165, 1.54) is 0 Å². The van der Waals surface area contributed by atoms with Crippen LogP contribution < -0.4 is 10.1 Å². The lowest BCUT2D eigenvalue weighted by atomic mass is 9.91. The van der Waals surface area contributed by atoms with Gasteiger partial charge in [-0.25, -0.2) is 0 Å². The molecule has 2 atom stereocenters. The number of fused-ring (bicyclic) bond motifs is 1. The molecule has 2 aromatic rings. The van der Waals surface area contributed by atoms with Gasteiger partial charge >= 0.3 is 0 Å². The number of amides is 1. The van der Waals surface area contributed by atoms with Crippen LogP contribution in [0.4, 0.5) is 5.69 Å². The Morgan fingerprint density at radius 3 is 2.52 bits per heavy atom. The van der Waals surface area contributed by atoms with E-state index in [4.69, 9.17) is 4.74 Å². The third-order valence-corrected chi connectivity index (χ3v) is 5.17. The summed E-state index contributed by atoms with van der Waals surface area (Å²) in [5.41, 5.74) is 2.95. The van der Waals surface area contributed by atoms with E-state index >= 15 is 0 Å². The molecule has 0 bridgehead atoms. The van der Waals surface area contributed by atoms with Crippen molar-refractivity contribution in [2.75, 3.05) is 11.9 Å². The van der Waals surface area contributed by atoms with Gasteiger partial charge in [0.15, 0.2) is 0 Å². The molecule has 0 aromatic heterocycles. The minimum atomic E-state index is -0.631. The van der Waals surface area contributed by atoms with Crippen LogP contribution in [0.3, 0.4) is 0 Å². The molecule has 0 saturated carbocycles. The Morgan fingerprint density at radius 1 is 1.22 bits per heavy atom. The van der Waals surface area contributed by atoms with Crippen LogP contribution in [0.15, 0.2) is 60.7 Å². The van der Waals surface area contributed by atoms with E-state index in [0.717, 1.165) is 34.6 Å². The van der Waals surface area contributed by atoms with Crippen LogP contribution in [-0.2, 0) is 5.66 Å². The van der Waals surface area contributed by atoms with Crippen LogP contribution in [0, 0.1) is 0 Å². The molecule has 0 spiro atoms. The second-order valence-corrected chi connectivity index (χ2v) is 7.45. The average molecular weight is 364 g/mol. The van der Waals surface area contributed by atoms with Gasteiger partial charge in [0.2, 0.25) is 0 Å². The Morgan fingerprint density at radius 2 is 1.89 bits per heavy atom. The van der Waals surface area contributed by atoms with E-state index in [9.17, 15) is 4.79 Å². The number of nitrogens with zero attached hydrogens (tertiary/aromatic N) is 1. The molecule has 0 saturated heterocycles. The molecular weight excluding hydrogens is 336 g/mol. The van der Waals surface area contributed by atoms with Crippen molar-refractivity contribution in [2.45, 2.75) is 45.8 Å². The lowest BCUT2D eigenvalue weighted by molar-refractivity contribution is 0.0400. The van der Waals surface area contributed by atoms with Gasteiger partial charge in [-0.3, -0.25) is 4.79 Å². The highest BCUT2D eigenvalue weighted by Crippen LogP contribution is 2.39. The normalized spacial score (nSPS) is 19.9. The van der Waals surface area contributed by atoms with E-state index in [2.05, 4.69) is 32.7 Å². The summed E-state index contributed by atoms with van der Waals surface area (Å²) in [5, 5.41) is 3.61. The predicted molar refractivity (Wildman–Crippen MR) is 110 cm³/mol. The fourth-order valence-corrected chi connectivity index (χ4v) is 3.55. The van der Waals surface area contributed by atoms with Crippen molar-refractivity contribution in [3.05, 3.63) is 71.8 Å². The maximum atomic E-state index is 13.3. The lowest BCUT2D eigenvalue weighted by Crippen LogP contribution is -2.58. The van der Waals surface area contributed by atoms with Crippen molar-refractivity contribution < 1.29 is 9.53 Å². The zero-order chi connectivity index (χ0) is 19.6. The number of hydrogen-bond donors (Lipinski definition) is 1. The third kappa shape index (κ3) is 3.57. The quantitative estimate of drug-likeness (QED) is 0.718. The summed E-state index contributed by atoms with van der Waals surface area (Å²) in [7, 11) is 0. The van der Waals surface area contributed by atoms with Crippen LogP contribution in [0.2, 0.25) is 0 Å². The number of ether oxygens (including phenoxy) is 1. The first-order valence-electron chi connectivity index (χ1n) is 9.45. The summed E-state index contributed by atoms with van der Waals surface area (Å²) in [6.45, 7) is 12.6. The Kier molecular flexibility index (Phi) is 5.26. The zero-order valence-corrected chi connectivity index (χ0v) is 16.6. The Balaban J connectivity index is 2.00. The molecule has 1 aliphatic rings. The lowest BCUT2D eigenvalue weighted by Gasteiger charge is -2.49. The van der Waals surface area contributed by atoms with E-state index in [0.29, 0.717) is 6.61 Å². The summed E-state index contributed by atoms with van der Waals surface area (Å²) < 4.78 is 5.72. The van der Waals surface area contributed by atoms with Crippen molar-refractivity contribution >= 4 is 11.6 Å². The molecule has 1 aliphatic heterocycles. The summed E-state index contributed by atoms with van der Waals surface area (Å²) in [4.78, 5) is 15.3. The molecule has 2 aromatic carbocycles. The summed E-state index contributed by atoms with van der Waals surface area (Å²) >= 11 is 0. The van der Waals surface area contributed by atoms with E-state index in [1.54, 1.807) is 0 Å². The van der Waals surface area contributed by atoms with Crippen molar-refractivity contribution in [3.8, 4) is 5.75 Å². The predicted octanol–water partition coefficient (Wildman–Crippen LogP) is 5.18. The first kappa shape index (κ1) is 19.0. The number of benzene rings is 2. The molecule has 0 radical (unpaired) electrons. The molecule has 4 heteroatoms. The monoisotopic (exact) mass is 364 g/mol. The highest BCUT2D eigenvalue weighted by atomic mass is 16.5. The number of rotatable bonds is 6. The topological polar surface area (TPSA) is 41.6 Å². The molecular formula is C23H28N2O2. The third-order valence-electron chi connectivity index (χ3n) is 5.17. The molecule has 1 N–H and O–H groups in total. The molecule has 1 heterocycles. The van der Waals surface area contributed by atoms with Gasteiger partial charge in [0, 0.05) is 11.7 Å². The minimum absolute atomic E-state index is 0.0591. The van der Waals surface area contributed by atoms with Gasteiger partial charge in [-0.15, -0.1) is 0 Å². The van der Waals surface area contributed by atoms with E-state index in [1.807, 2.05) is 60.4 Å². The SMILES string of the molecule is C=C(C)COc1ccc(C2(C)Nc3ccccc3C(=O)N2C(C)CC)cc1. The minimum Gasteiger partial charge on any atom is -0.489 e. The molecule has 3 rings (SSSR count). The number of carbonyl (C=O) groups is 1. The number of nitrogens with one attached hydrogen (secondary N) is 1. The Bertz CT molecular complexity index is 844. The molecule has 4 nitrogen and oxygen atoms in total. The number of anilines is 1. The van der Waals surface area contributed by atoms with Crippen LogP contribution in [0.5, 0.6) is 5.75 Å². The van der Waals surface area contributed by atoms with Crippen molar-refractivity contribution in [3.63, 3.8) is 0 Å². The fraction of sp³-hybridized carbons (Fsp3) is 0.348. The maximum absolute atomic E-state index is 13.3. The first-order chi connectivity index (χ1) is 12.9. The average Bonchev–Trinajstić information content (AvgIpc) is 2.66. The molecule has 0 aliphatic carbocycles. The van der Waals surface area contributed by atoms with Gasteiger partial charge < -0.3 is 15.0 Å². The Hall–Kier alpha value is -2.75. The molecule has 2 unspecified atom stereocenters. The summed E-state index contributed by atoms with van der Waals surface area (Å²) in [6.07, 6.45) is 0.880. The first-order valence-corrected chi connectivity index (χ1v) is 9.45. The second-order valence-electron chi connectivity index (χ2n) is 7.45. The highest BCUT2D eigenvalue weighted by molar-refractivity contribution is 6.02. The summed E-state index contributed by atoms with van der Waals surface area (Å²) in [6, 6.07) is 15.8. The van der Waals surface area contributed by atoms with Crippen LogP contribution in [0.1, 0.15) is 50.0 Å². The van der Waals surface area contributed by atoms with Gasteiger partial charge in [-0.2, -0.15) is 0 Å². The zero-order valence-electron chi connectivity index (χ0n) is 16.6. The number of carbonyl (C=O) groups excluding carboxylic acids is 1. The van der Waals surface area contributed by atoms with Crippen molar-refractivity contribution in [1.82, 2.24) is 4.90 Å². The molecule has 142 valence electrons. The molecule has 1 amide bonds. The van der Waals surface area contributed by atoms with E-state index < -0.39 is 5.66 Å². The number of para-hydroxylation sites is 1. The van der Waals surface area contributed by atoms with Gasteiger partial charge in [0.25, 0.3) is 5.91 Å². The Labute approximate surface area is 161 Å². The van der Waals surface area contributed by atoms with Gasteiger partial charge in [0.05, 0.1) is 5.56 Å². The van der Waals surface area contributed by atoms with Gasteiger partial charge in [0.1, 0.15) is 18.0 Å². The van der Waals surface area contributed by atoms with Crippen molar-refractivity contribution in [2.24, 2.45) is 0 Å². The summed E-state index contributed by atoms with van der Waals surface area (Å²) in [5.74, 6) is 0.854. The number of hydrogen-bond acceptors (Lipinski definition) is 3. The highest BCUT2D eigenvalue weighted by Gasteiger charge is 2.44. The van der Waals surface area contributed by atoms with Gasteiger partial charge in [-0.1, -0.05) is 37.8 Å². The van der Waals surface area contributed by atoms with Crippen LogP contribution in [-0.4, -0.2) is 23.5 Å². The van der Waals surface area contributed by atoms with E-state index in [-0.39, 0.29) is 11.9 Å². The van der Waals surface area contributed by atoms with Crippen LogP contribution in [0.25, 0.3) is 0 Å².